The molecule has 116 valence electrons. The van der Waals surface area contributed by atoms with Gasteiger partial charge in [0.05, 0.1) is 0 Å². The second-order valence-electron chi connectivity index (χ2n) is 5.89. The average Bonchev–Trinajstić information content (AvgIpc) is 3.06. The van der Waals surface area contributed by atoms with Crippen LogP contribution in [0.5, 0.6) is 5.75 Å². The zero-order valence-corrected chi connectivity index (χ0v) is 14.3. The van der Waals surface area contributed by atoms with Gasteiger partial charge in [-0.25, -0.2) is 0 Å². The predicted molar refractivity (Wildman–Crippen MR) is 94.0 cm³/mol. The second kappa shape index (κ2) is 7.80. The van der Waals surface area contributed by atoms with Gasteiger partial charge in [-0.1, -0.05) is 59.1 Å². The largest absolute Gasteiger partial charge is 0.489 e. The van der Waals surface area contributed by atoms with E-state index in [0.717, 1.165) is 16.8 Å². The molecule has 0 aliphatic heterocycles. The van der Waals surface area contributed by atoms with Crippen LogP contribution >= 0.6 is 15.9 Å². The summed E-state index contributed by atoms with van der Waals surface area (Å²) >= 11 is 3.56. The maximum atomic E-state index is 6.03. The van der Waals surface area contributed by atoms with Crippen molar-refractivity contribution >= 4 is 15.9 Å². The summed E-state index contributed by atoms with van der Waals surface area (Å²) in [5.74, 6) is 0.970. The first-order valence-electron chi connectivity index (χ1n) is 8.00. The molecule has 0 bridgehead atoms. The van der Waals surface area contributed by atoms with E-state index >= 15 is 0 Å². The molecular weight excluding hydrogens is 338 g/mol. The van der Waals surface area contributed by atoms with E-state index in [1.54, 1.807) is 0 Å². The van der Waals surface area contributed by atoms with Gasteiger partial charge in [0.1, 0.15) is 12.4 Å². The molecule has 1 saturated carbocycles. The average molecular weight is 360 g/mol. The van der Waals surface area contributed by atoms with Gasteiger partial charge in [-0.05, 0) is 36.6 Å². The van der Waals surface area contributed by atoms with Gasteiger partial charge in [-0.3, -0.25) is 0 Å². The van der Waals surface area contributed by atoms with Crippen molar-refractivity contribution in [3.8, 4) is 5.75 Å². The summed E-state index contributed by atoms with van der Waals surface area (Å²) in [6.07, 6.45) is 5.31. The third-order valence-electron chi connectivity index (χ3n) is 4.20. The Bertz CT molecular complexity index is 594. The maximum Gasteiger partial charge on any atom is 0.124 e. The zero-order valence-electron chi connectivity index (χ0n) is 12.7. The van der Waals surface area contributed by atoms with Gasteiger partial charge in [-0.15, -0.1) is 0 Å². The van der Waals surface area contributed by atoms with Crippen LogP contribution in [0.1, 0.15) is 36.8 Å². The Labute approximate surface area is 141 Å². The molecule has 1 aliphatic rings. The van der Waals surface area contributed by atoms with Crippen LogP contribution < -0.4 is 10.1 Å². The smallest absolute Gasteiger partial charge is 0.124 e. The molecule has 3 rings (SSSR count). The molecule has 0 unspecified atom stereocenters. The lowest BCUT2D eigenvalue weighted by Crippen LogP contribution is -2.25. The van der Waals surface area contributed by atoms with Crippen molar-refractivity contribution < 1.29 is 4.74 Å². The summed E-state index contributed by atoms with van der Waals surface area (Å²) in [6, 6.07) is 17.2. The second-order valence-corrected chi connectivity index (χ2v) is 6.80. The Balaban J connectivity index is 1.64. The highest BCUT2D eigenvalue weighted by molar-refractivity contribution is 9.10. The van der Waals surface area contributed by atoms with Crippen LogP contribution in [0, 0.1) is 0 Å². The van der Waals surface area contributed by atoms with Crippen molar-refractivity contribution in [2.45, 2.75) is 44.9 Å². The van der Waals surface area contributed by atoms with Crippen molar-refractivity contribution in [1.29, 1.82) is 0 Å². The molecule has 0 saturated heterocycles. The Kier molecular flexibility index (Phi) is 5.52. The van der Waals surface area contributed by atoms with E-state index < -0.39 is 0 Å². The lowest BCUT2D eigenvalue weighted by atomic mass is 10.1. The quantitative estimate of drug-likeness (QED) is 0.777. The van der Waals surface area contributed by atoms with Crippen molar-refractivity contribution in [3.05, 3.63) is 64.1 Å². The minimum Gasteiger partial charge on any atom is -0.489 e. The van der Waals surface area contributed by atoms with Crippen LogP contribution in [0.2, 0.25) is 0 Å². The Hall–Kier alpha value is -1.32. The van der Waals surface area contributed by atoms with Crippen LogP contribution in [0.15, 0.2) is 53.0 Å². The summed E-state index contributed by atoms with van der Waals surface area (Å²) in [5.41, 5.74) is 2.41. The maximum absolute atomic E-state index is 6.03. The number of ether oxygens (including phenoxy) is 1. The highest BCUT2D eigenvalue weighted by Crippen LogP contribution is 2.25. The van der Waals surface area contributed by atoms with Crippen LogP contribution in [-0.2, 0) is 13.2 Å². The summed E-state index contributed by atoms with van der Waals surface area (Å²) in [7, 11) is 0. The molecule has 22 heavy (non-hydrogen) atoms. The molecule has 1 N–H and O–H groups in total. The first-order chi connectivity index (χ1) is 10.8. The highest BCUT2D eigenvalue weighted by atomic mass is 79.9. The number of halogens is 1. The van der Waals surface area contributed by atoms with Crippen LogP contribution in [0.25, 0.3) is 0 Å². The Morgan fingerprint density at radius 1 is 1.05 bits per heavy atom. The van der Waals surface area contributed by atoms with Gasteiger partial charge < -0.3 is 10.1 Å². The van der Waals surface area contributed by atoms with Gasteiger partial charge in [-0.2, -0.15) is 0 Å². The first kappa shape index (κ1) is 15.6. The van der Waals surface area contributed by atoms with E-state index in [1.165, 1.54) is 36.8 Å². The fourth-order valence-electron chi connectivity index (χ4n) is 2.95. The number of rotatable bonds is 6. The number of nitrogens with one attached hydrogen (secondary N) is 1. The summed E-state index contributed by atoms with van der Waals surface area (Å²) in [6.45, 7) is 1.48. The predicted octanol–water partition coefficient (Wildman–Crippen LogP) is 5.06. The van der Waals surface area contributed by atoms with E-state index in [-0.39, 0.29) is 0 Å². The fraction of sp³-hybridized carbons (Fsp3) is 0.368. The minimum atomic E-state index is 0.610. The number of hydrogen-bond donors (Lipinski definition) is 1. The lowest BCUT2D eigenvalue weighted by Gasteiger charge is -2.16. The van der Waals surface area contributed by atoms with Crippen LogP contribution in [-0.4, -0.2) is 6.04 Å². The fourth-order valence-corrected chi connectivity index (χ4v) is 3.36. The van der Waals surface area contributed by atoms with Crippen molar-refractivity contribution in [3.63, 3.8) is 0 Å². The SMILES string of the molecule is Brc1ccc(OCc2ccccc2)c(CNC2CCCC2)c1. The molecule has 0 radical (unpaired) electrons. The third kappa shape index (κ3) is 4.34. The molecule has 2 aromatic carbocycles. The molecule has 0 heterocycles. The molecule has 0 spiro atoms. The lowest BCUT2D eigenvalue weighted by molar-refractivity contribution is 0.301. The highest BCUT2D eigenvalue weighted by Gasteiger charge is 2.15. The zero-order chi connectivity index (χ0) is 15.2. The van der Waals surface area contributed by atoms with Gasteiger partial charge >= 0.3 is 0 Å². The van der Waals surface area contributed by atoms with E-state index in [4.69, 9.17) is 4.74 Å². The molecular formula is C19H22BrNO. The van der Waals surface area contributed by atoms with Crippen molar-refractivity contribution in [2.75, 3.05) is 0 Å². The number of hydrogen-bond acceptors (Lipinski definition) is 2. The number of benzene rings is 2. The molecule has 0 atom stereocenters. The van der Waals surface area contributed by atoms with Crippen LogP contribution in [0.3, 0.4) is 0 Å². The summed E-state index contributed by atoms with van der Waals surface area (Å²) in [5, 5.41) is 3.66. The standard InChI is InChI=1S/C19H22BrNO/c20-17-10-11-19(22-14-15-6-2-1-3-7-15)16(12-17)13-21-18-8-4-5-9-18/h1-3,6-7,10-12,18,21H,4-5,8-9,13-14H2. The molecule has 1 fully saturated rings. The molecule has 3 heteroatoms. The van der Waals surface area contributed by atoms with Gasteiger partial charge in [0.2, 0.25) is 0 Å². The van der Waals surface area contributed by atoms with Gasteiger partial charge in [0.15, 0.2) is 0 Å². The normalized spacial score (nSPS) is 15.1. The topological polar surface area (TPSA) is 21.3 Å². The monoisotopic (exact) mass is 359 g/mol. The van der Waals surface area contributed by atoms with E-state index in [0.29, 0.717) is 12.6 Å². The molecule has 1 aliphatic carbocycles. The Morgan fingerprint density at radius 2 is 1.82 bits per heavy atom. The molecule has 2 nitrogen and oxygen atoms in total. The van der Waals surface area contributed by atoms with E-state index in [9.17, 15) is 0 Å². The Morgan fingerprint density at radius 3 is 2.59 bits per heavy atom. The first-order valence-corrected chi connectivity index (χ1v) is 8.79. The minimum absolute atomic E-state index is 0.610. The molecule has 0 aromatic heterocycles. The third-order valence-corrected chi connectivity index (χ3v) is 4.69. The van der Waals surface area contributed by atoms with Crippen molar-refractivity contribution in [2.24, 2.45) is 0 Å². The van der Waals surface area contributed by atoms with Crippen LogP contribution in [0.4, 0.5) is 0 Å². The van der Waals surface area contributed by atoms with Gasteiger partial charge in [0.25, 0.3) is 0 Å². The van der Waals surface area contributed by atoms with E-state index in [1.807, 2.05) is 24.3 Å². The summed E-state index contributed by atoms with van der Waals surface area (Å²) in [4.78, 5) is 0. The molecule has 2 aromatic rings. The van der Waals surface area contributed by atoms with Gasteiger partial charge in [0, 0.05) is 22.6 Å². The van der Waals surface area contributed by atoms with E-state index in [2.05, 4.69) is 45.5 Å². The summed E-state index contributed by atoms with van der Waals surface area (Å²) < 4.78 is 7.13. The van der Waals surface area contributed by atoms with Crippen molar-refractivity contribution in [1.82, 2.24) is 5.32 Å². The molecule has 0 amide bonds.